The second-order valence-corrected chi connectivity index (χ2v) is 8.63. The third-order valence-corrected chi connectivity index (χ3v) is 5.58. The standard InChI is InChI=1S/C21H34N2S/c1-13(2)17-8-7-9-18(14(3)4)20(17)23-21(24)22-19-11-10-15(5)12-16(19)6/h7-9,13-16,19H,10-12H2,1-6H3,(H2,22,23,24). The largest absolute Gasteiger partial charge is 0.359 e. The molecule has 1 aromatic carbocycles. The molecule has 2 nitrogen and oxygen atoms in total. The Morgan fingerprint density at radius 1 is 1.04 bits per heavy atom. The first-order valence-corrected chi connectivity index (χ1v) is 9.90. The maximum atomic E-state index is 5.67. The number of thiocarbonyl (C=S) groups is 1. The van der Waals surface area contributed by atoms with Crippen LogP contribution in [0.1, 0.15) is 83.8 Å². The molecule has 1 fully saturated rings. The van der Waals surface area contributed by atoms with Gasteiger partial charge in [0.1, 0.15) is 0 Å². The smallest absolute Gasteiger partial charge is 0.171 e. The van der Waals surface area contributed by atoms with Crippen molar-refractivity contribution in [1.82, 2.24) is 5.32 Å². The minimum atomic E-state index is 0.475. The first kappa shape index (κ1) is 19.2. The molecule has 3 heteroatoms. The number of para-hydroxylation sites is 1. The third kappa shape index (κ3) is 4.72. The lowest BCUT2D eigenvalue weighted by atomic mass is 9.80. The fourth-order valence-electron chi connectivity index (χ4n) is 3.89. The van der Waals surface area contributed by atoms with Crippen LogP contribution < -0.4 is 10.6 Å². The molecule has 2 N–H and O–H groups in total. The highest BCUT2D eigenvalue weighted by Crippen LogP contribution is 2.33. The van der Waals surface area contributed by atoms with Crippen molar-refractivity contribution in [3.63, 3.8) is 0 Å². The van der Waals surface area contributed by atoms with Crippen LogP contribution in [0.2, 0.25) is 0 Å². The molecule has 0 saturated heterocycles. The van der Waals surface area contributed by atoms with Crippen molar-refractivity contribution >= 4 is 23.0 Å². The van der Waals surface area contributed by atoms with E-state index in [1.807, 2.05) is 0 Å². The molecule has 3 atom stereocenters. The second kappa shape index (κ2) is 8.33. The monoisotopic (exact) mass is 346 g/mol. The van der Waals surface area contributed by atoms with Gasteiger partial charge in [0.15, 0.2) is 5.11 Å². The number of nitrogens with one attached hydrogen (secondary N) is 2. The van der Waals surface area contributed by atoms with Gasteiger partial charge in [-0.1, -0.05) is 59.7 Å². The van der Waals surface area contributed by atoms with E-state index in [-0.39, 0.29) is 0 Å². The summed E-state index contributed by atoms with van der Waals surface area (Å²) in [5.41, 5.74) is 3.89. The van der Waals surface area contributed by atoms with Crippen molar-refractivity contribution in [2.45, 2.75) is 78.7 Å². The van der Waals surface area contributed by atoms with Crippen molar-refractivity contribution < 1.29 is 0 Å². The molecule has 0 aromatic heterocycles. The molecule has 1 saturated carbocycles. The van der Waals surface area contributed by atoms with E-state index in [9.17, 15) is 0 Å². The fourth-order valence-corrected chi connectivity index (χ4v) is 4.15. The van der Waals surface area contributed by atoms with Gasteiger partial charge < -0.3 is 10.6 Å². The van der Waals surface area contributed by atoms with E-state index in [2.05, 4.69) is 70.4 Å². The van der Waals surface area contributed by atoms with Gasteiger partial charge in [0, 0.05) is 11.7 Å². The molecule has 0 bridgehead atoms. The predicted molar refractivity (Wildman–Crippen MR) is 110 cm³/mol. The Balaban J connectivity index is 2.13. The highest BCUT2D eigenvalue weighted by Gasteiger charge is 2.26. The van der Waals surface area contributed by atoms with Gasteiger partial charge in [0.05, 0.1) is 0 Å². The molecule has 0 heterocycles. The van der Waals surface area contributed by atoms with Gasteiger partial charge in [0.25, 0.3) is 0 Å². The Labute approximate surface area is 153 Å². The van der Waals surface area contributed by atoms with Crippen LogP contribution in [-0.2, 0) is 0 Å². The number of rotatable bonds is 4. The SMILES string of the molecule is CC1CCC(NC(=S)Nc2c(C(C)C)cccc2C(C)C)C(C)C1. The molecule has 1 aliphatic rings. The van der Waals surface area contributed by atoms with Crippen molar-refractivity contribution in [3.8, 4) is 0 Å². The van der Waals surface area contributed by atoms with Gasteiger partial charge in [-0.3, -0.25) is 0 Å². The van der Waals surface area contributed by atoms with Crippen molar-refractivity contribution in [3.05, 3.63) is 29.3 Å². The van der Waals surface area contributed by atoms with E-state index in [0.29, 0.717) is 23.8 Å². The summed E-state index contributed by atoms with van der Waals surface area (Å²) in [6, 6.07) is 7.09. The third-order valence-electron chi connectivity index (χ3n) is 5.36. The zero-order valence-electron chi connectivity index (χ0n) is 16.1. The Hall–Kier alpha value is -1.09. The average molecular weight is 347 g/mol. The average Bonchev–Trinajstić information content (AvgIpc) is 2.49. The Morgan fingerprint density at radius 2 is 1.62 bits per heavy atom. The van der Waals surface area contributed by atoms with Gasteiger partial charge in [-0.2, -0.15) is 0 Å². The van der Waals surface area contributed by atoms with Gasteiger partial charge >= 0.3 is 0 Å². The van der Waals surface area contributed by atoms with Crippen LogP contribution in [-0.4, -0.2) is 11.2 Å². The number of hydrogen-bond acceptors (Lipinski definition) is 1. The quantitative estimate of drug-likeness (QED) is 0.649. The molecule has 134 valence electrons. The van der Waals surface area contributed by atoms with E-state index in [1.165, 1.54) is 36.1 Å². The lowest BCUT2D eigenvalue weighted by Crippen LogP contribution is -2.44. The van der Waals surface area contributed by atoms with E-state index >= 15 is 0 Å². The second-order valence-electron chi connectivity index (χ2n) is 8.22. The van der Waals surface area contributed by atoms with Crippen LogP contribution in [0.4, 0.5) is 5.69 Å². The summed E-state index contributed by atoms with van der Waals surface area (Å²) in [5.74, 6) is 2.47. The van der Waals surface area contributed by atoms with Crippen molar-refractivity contribution in [2.24, 2.45) is 11.8 Å². The summed E-state index contributed by atoms with van der Waals surface area (Å²) in [6.45, 7) is 13.7. The van der Waals surface area contributed by atoms with Crippen LogP contribution in [0.3, 0.4) is 0 Å². The van der Waals surface area contributed by atoms with Gasteiger partial charge in [-0.15, -0.1) is 0 Å². The Bertz CT molecular complexity index is 539. The van der Waals surface area contributed by atoms with Crippen molar-refractivity contribution in [1.29, 1.82) is 0 Å². The lowest BCUT2D eigenvalue weighted by Gasteiger charge is -2.34. The molecule has 0 spiro atoms. The Kier molecular flexibility index (Phi) is 6.68. The first-order chi connectivity index (χ1) is 11.3. The zero-order valence-corrected chi connectivity index (χ0v) is 17.0. The molecule has 1 aromatic rings. The minimum absolute atomic E-state index is 0.475. The van der Waals surface area contributed by atoms with Crippen LogP contribution in [0, 0.1) is 11.8 Å². The molecule has 0 radical (unpaired) electrons. The van der Waals surface area contributed by atoms with Gasteiger partial charge in [-0.05, 0) is 66.3 Å². The van der Waals surface area contributed by atoms with E-state index in [1.54, 1.807) is 0 Å². The van der Waals surface area contributed by atoms with Crippen LogP contribution >= 0.6 is 12.2 Å². The molecule has 0 amide bonds. The summed E-state index contributed by atoms with van der Waals surface area (Å²) in [5, 5.41) is 7.91. The zero-order chi connectivity index (χ0) is 17.9. The van der Waals surface area contributed by atoms with E-state index in [4.69, 9.17) is 12.2 Å². The fraction of sp³-hybridized carbons (Fsp3) is 0.667. The molecular formula is C21H34N2S. The highest BCUT2D eigenvalue weighted by atomic mass is 32.1. The maximum absolute atomic E-state index is 5.67. The maximum Gasteiger partial charge on any atom is 0.171 e. The lowest BCUT2D eigenvalue weighted by molar-refractivity contribution is 0.248. The molecule has 1 aliphatic carbocycles. The normalized spacial score (nSPS) is 24.2. The van der Waals surface area contributed by atoms with Crippen molar-refractivity contribution in [2.75, 3.05) is 5.32 Å². The van der Waals surface area contributed by atoms with Crippen LogP contribution in [0.25, 0.3) is 0 Å². The number of benzene rings is 1. The van der Waals surface area contributed by atoms with Gasteiger partial charge in [-0.25, -0.2) is 0 Å². The van der Waals surface area contributed by atoms with Crippen LogP contribution in [0.15, 0.2) is 18.2 Å². The predicted octanol–water partition coefficient (Wildman–Crippen LogP) is 6.04. The molecule has 2 rings (SSSR count). The minimum Gasteiger partial charge on any atom is -0.359 e. The first-order valence-electron chi connectivity index (χ1n) is 9.49. The highest BCUT2D eigenvalue weighted by molar-refractivity contribution is 7.80. The van der Waals surface area contributed by atoms with E-state index < -0.39 is 0 Å². The number of hydrogen-bond donors (Lipinski definition) is 2. The number of anilines is 1. The summed E-state index contributed by atoms with van der Waals surface area (Å²) in [6.07, 6.45) is 3.80. The summed E-state index contributed by atoms with van der Waals surface area (Å²) >= 11 is 5.67. The molecular weight excluding hydrogens is 312 g/mol. The van der Waals surface area contributed by atoms with E-state index in [0.717, 1.165) is 11.0 Å². The summed E-state index contributed by atoms with van der Waals surface area (Å²) < 4.78 is 0. The molecule has 3 unspecified atom stereocenters. The van der Waals surface area contributed by atoms with Crippen LogP contribution in [0.5, 0.6) is 0 Å². The summed E-state index contributed by atoms with van der Waals surface area (Å²) in [4.78, 5) is 0. The molecule has 0 aliphatic heterocycles. The topological polar surface area (TPSA) is 24.1 Å². The molecule has 24 heavy (non-hydrogen) atoms. The Morgan fingerprint density at radius 3 is 2.12 bits per heavy atom. The summed E-state index contributed by atoms with van der Waals surface area (Å²) in [7, 11) is 0. The van der Waals surface area contributed by atoms with Gasteiger partial charge in [0.2, 0.25) is 0 Å².